The molecule has 2 N–H and O–H groups in total. The zero-order valence-corrected chi connectivity index (χ0v) is 18.9. The van der Waals surface area contributed by atoms with E-state index in [2.05, 4.69) is 13.8 Å². The Hall–Kier alpha value is -0.130. The molecule has 0 aliphatic heterocycles. The van der Waals surface area contributed by atoms with Crippen LogP contribution in [0.1, 0.15) is 136 Å². The van der Waals surface area contributed by atoms with Gasteiger partial charge in [0.1, 0.15) is 0 Å². The molecular formula is C22H46O4S. The molecule has 5 heteroatoms. The average molecular weight is 407 g/mol. The Kier molecular flexibility index (Phi) is 16.7. The minimum Gasteiger partial charge on any atom is -0.372 e. The van der Waals surface area contributed by atoms with Crippen molar-refractivity contribution in [2.45, 2.75) is 141 Å². The molecule has 0 aliphatic rings. The Morgan fingerprint density at radius 1 is 0.556 bits per heavy atom. The standard InChI is InChI=1S/C22H46O4S/c1-3-5-7-9-11-13-15-17-19-21-22(23,27(24,25)26)20-18-16-14-12-10-8-6-4-2/h23H,3-21H2,1-2H3,(H,24,25,26). The van der Waals surface area contributed by atoms with E-state index in [0.717, 1.165) is 25.7 Å². The highest BCUT2D eigenvalue weighted by molar-refractivity contribution is 7.87. The zero-order chi connectivity index (χ0) is 20.4. The molecule has 0 fully saturated rings. The summed E-state index contributed by atoms with van der Waals surface area (Å²) in [5.41, 5.74) is 0. The van der Waals surface area contributed by atoms with Gasteiger partial charge in [-0.3, -0.25) is 4.55 Å². The van der Waals surface area contributed by atoms with Crippen LogP contribution in [0.25, 0.3) is 0 Å². The Morgan fingerprint density at radius 3 is 1.07 bits per heavy atom. The van der Waals surface area contributed by atoms with Crippen LogP contribution < -0.4 is 0 Å². The monoisotopic (exact) mass is 406 g/mol. The SMILES string of the molecule is CCCCCCCCCCCC(O)(CCCCCCCCCC)S(=O)(=O)O. The zero-order valence-electron chi connectivity index (χ0n) is 18.1. The lowest BCUT2D eigenvalue weighted by Gasteiger charge is -2.24. The van der Waals surface area contributed by atoms with Gasteiger partial charge in [0.2, 0.25) is 0 Å². The summed E-state index contributed by atoms with van der Waals surface area (Å²) in [6.45, 7) is 4.41. The van der Waals surface area contributed by atoms with E-state index in [0.29, 0.717) is 12.8 Å². The van der Waals surface area contributed by atoms with Crippen LogP contribution in [0.3, 0.4) is 0 Å². The van der Waals surface area contributed by atoms with Crippen LogP contribution in [0.2, 0.25) is 0 Å². The quantitative estimate of drug-likeness (QED) is 0.168. The van der Waals surface area contributed by atoms with Gasteiger partial charge in [0.25, 0.3) is 10.1 Å². The molecule has 0 spiro atoms. The third-order valence-corrected chi connectivity index (χ3v) is 6.94. The molecule has 0 aromatic rings. The Labute approximate surface area is 169 Å². The normalized spacial score (nSPS) is 14.4. The Morgan fingerprint density at radius 2 is 0.815 bits per heavy atom. The molecular weight excluding hydrogens is 360 g/mol. The Balaban J connectivity index is 3.92. The van der Waals surface area contributed by atoms with Crippen molar-refractivity contribution in [3.8, 4) is 0 Å². The Bertz CT molecular complexity index is 422. The second-order valence-corrected chi connectivity index (χ2v) is 9.93. The molecule has 0 saturated heterocycles. The summed E-state index contributed by atoms with van der Waals surface area (Å²) in [6.07, 6.45) is 19.3. The van der Waals surface area contributed by atoms with E-state index in [1.54, 1.807) is 0 Å². The van der Waals surface area contributed by atoms with Gasteiger partial charge >= 0.3 is 0 Å². The van der Waals surface area contributed by atoms with Crippen molar-refractivity contribution in [1.82, 2.24) is 0 Å². The summed E-state index contributed by atoms with van der Waals surface area (Å²) in [5.74, 6) is 0. The summed E-state index contributed by atoms with van der Waals surface area (Å²) in [4.78, 5) is -1.95. The lowest BCUT2D eigenvalue weighted by molar-refractivity contribution is 0.0884. The molecule has 0 amide bonds. The molecule has 27 heavy (non-hydrogen) atoms. The van der Waals surface area contributed by atoms with Crippen LogP contribution in [-0.2, 0) is 10.1 Å². The van der Waals surface area contributed by atoms with Gasteiger partial charge in [-0.1, -0.05) is 110 Å². The van der Waals surface area contributed by atoms with Gasteiger partial charge in [-0.15, -0.1) is 0 Å². The van der Waals surface area contributed by atoms with E-state index in [1.165, 1.54) is 70.6 Å². The fraction of sp³-hybridized carbons (Fsp3) is 1.00. The van der Waals surface area contributed by atoms with E-state index in [-0.39, 0.29) is 12.8 Å². The molecule has 0 aromatic heterocycles. The summed E-state index contributed by atoms with van der Waals surface area (Å²) >= 11 is 0. The van der Waals surface area contributed by atoms with Gasteiger partial charge in [0, 0.05) is 0 Å². The summed E-state index contributed by atoms with van der Waals surface area (Å²) in [6, 6.07) is 0. The minimum atomic E-state index is -4.42. The van der Waals surface area contributed by atoms with Crippen molar-refractivity contribution in [3.05, 3.63) is 0 Å². The first-order chi connectivity index (χ1) is 12.9. The van der Waals surface area contributed by atoms with Crippen molar-refractivity contribution in [2.75, 3.05) is 0 Å². The third kappa shape index (κ3) is 14.5. The van der Waals surface area contributed by atoms with Crippen LogP contribution in [0.5, 0.6) is 0 Å². The number of hydrogen-bond acceptors (Lipinski definition) is 3. The molecule has 1 atom stereocenters. The van der Waals surface area contributed by atoms with Crippen molar-refractivity contribution >= 4 is 10.1 Å². The van der Waals surface area contributed by atoms with Gasteiger partial charge in [-0.25, -0.2) is 0 Å². The molecule has 0 rings (SSSR count). The molecule has 1 unspecified atom stereocenters. The maximum atomic E-state index is 11.7. The summed E-state index contributed by atoms with van der Waals surface area (Å²) in [7, 11) is -4.42. The van der Waals surface area contributed by atoms with Crippen LogP contribution in [-0.4, -0.2) is 23.0 Å². The predicted molar refractivity (Wildman–Crippen MR) is 116 cm³/mol. The van der Waals surface area contributed by atoms with Crippen molar-refractivity contribution in [2.24, 2.45) is 0 Å². The highest BCUT2D eigenvalue weighted by Gasteiger charge is 2.39. The fourth-order valence-electron chi connectivity index (χ4n) is 3.63. The topological polar surface area (TPSA) is 74.6 Å². The van der Waals surface area contributed by atoms with Gasteiger partial charge in [-0.2, -0.15) is 8.42 Å². The van der Waals surface area contributed by atoms with E-state index >= 15 is 0 Å². The van der Waals surface area contributed by atoms with Crippen molar-refractivity contribution < 1.29 is 18.1 Å². The molecule has 0 heterocycles. The lowest BCUT2D eigenvalue weighted by Crippen LogP contribution is -2.38. The first-order valence-electron chi connectivity index (χ1n) is 11.6. The molecule has 4 nitrogen and oxygen atoms in total. The van der Waals surface area contributed by atoms with E-state index in [1.807, 2.05) is 0 Å². The smallest absolute Gasteiger partial charge is 0.294 e. The third-order valence-electron chi connectivity index (χ3n) is 5.57. The molecule has 0 bridgehead atoms. The summed E-state index contributed by atoms with van der Waals surface area (Å²) in [5, 5.41) is 10.5. The number of aliphatic hydroxyl groups is 1. The second kappa shape index (κ2) is 16.8. The minimum absolute atomic E-state index is 0.151. The van der Waals surface area contributed by atoms with Gasteiger partial charge in [0.15, 0.2) is 4.93 Å². The predicted octanol–water partition coefficient (Wildman–Crippen LogP) is 7.01. The van der Waals surface area contributed by atoms with Crippen LogP contribution in [0, 0.1) is 0 Å². The summed E-state index contributed by atoms with van der Waals surface area (Å²) < 4.78 is 32.8. The molecule has 0 aliphatic carbocycles. The molecule has 164 valence electrons. The van der Waals surface area contributed by atoms with E-state index in [4.69, 9.17) is 0 Å². The van der Waals surface area contributed by atoms with Crippen LogP contribution in [0.4, 0.5) is 0 Å². The molecule has 0 saturated carbocycles. The van der Waals surface area contributed by atoms with E-state index < -0.39 is 15.1 Å². The average Bonchev–Trinajstić information content (AvgIpc) is 2.61. The first kappa shape index (κ1) is 26.9. The fourth-order valence-corrected chi connectivity index (χ4v) is 4.43. The first-order valence-corrected chi connectivity index (χ1v) is 13.0. The highest BCUT2D eigenvalue weighted by Crippen LogP contribution is 2.28. The number of unbranched alkanes of at least 4 members (excludes halogenated alkanes) is 15. The second-order valence-electron chi connectivity index (χ2n) is 8.22. The molecule has 0 aromatic carbocycles. The highest BCUT2D eigenvalue weighted by atomic mass is 32.2. The largest absolute Gasteiger partial charge is 0.372 e. The maximum Gasteiger partial charge on any atom is 0.294 e. The van der Waals surface area contributed by atoms with Crippen molar-refractivity contribution in [1.29, 1.82) is 0 Å². The van der Waals surface area contributed by atoms with Crippen LogP contribution >= 0.6 is 0 Å². The van der Waals surface area contributed by atoms with Gasteiger partial charge in [-0.05, 0) is 25.7 Å². The number of hydrogen-bond donors (Lipinski definition) is 2. The van der Waals surface area contributed by atoms with Crippen LogP contribution in [0.15, 0.2) is 0 Å². The lowest BCUT2D eigenvalue weighted by atomic mass is 10.0. The number of rotatable bonds is 20. The van der Waals surface area contributed by atoms with Gasteiger partial charge in [0.05, 0.1) is 0 Å². The van der Waals surface area contributed by atoms with Crippen molar-refractivity contribution in [3.63, 3.8) is 0 Å². The maximum absolute atomic E-state index is 11.7. The van der Waals surface area contributed by atoms with E-state index in [9.17, 15) is 18.1 Å². The molecule has 0 radical (unpaired) electrons. The van der Waals surface area contributed by atoms with Gasteiger partial charge < -0.3 is 5.11 Å².